The largest absolute Gasteiger partial charge is 0.438 e. The molecule has 1 aromatic carbocycles. The highest BCUT2D eigenvalue weighted by Gasteiger charge is 2.09. The van der Waals surface area contributed by atoms with Gasteiger partial charge in [0, 0.05) is 28.9 Å². The Morgan fingerprint density at radius 2 is 2.04 bits per heavy atom. The molecule has 0 radical (unpaired) electrons. The molecule has 0 spiro atoms. The molecule has 4 aromatic rings. The normalized spacial score (nSPS) is 10.9. The third kappa shape index (κ3) is 2.75. The third-order valence-electron chi connectivity index (χ3n) is 3.44. The molecule has 0 unspecified atom stereocenters. The Morgan fingerprint density at radius 3 is 2.83 bits per heavy atom. The summed E-state index contributed by atoms with van der Waals surface area (Å²) in [6, 6.07) is 13.8. The fourth-order valence-corrected chi connectivity index (χ4v) is 2.51. The molecule has 0 aliphatic heterocycles. The predicted molar refractivity (Wildman–Crippen MR) is 90.6 cm³/mol. The Morgan fingerprint density at radius 1 is 1.12 bits per heavy atom. The van der Waals surface area contributed by atoms with E-state index in [1.807, 2.05) is 6.07 Å². The van der Waals surface area contributed by atoms with Gasteiger partial charge in [0.05, 0.1) is 11.9 Å². The van der Waals surface area contributed by atoms with Crippen molar-refractivity contribution in [2.45, 2.75) is 0 Å². The number of rotatable bonds is 3. The van der Waals surface area contributed by atoms with Crippen molar-refractivity contribution in [3.8, 4) is 22.9 Å². The van der Waals surface area contributed by atoms with E-state index in [-0.39, 0.29) is 5.56 Å². The van der Waals surface area contributed by atoms with E-state index < -0.39 is 0 Å². The number of ether oxygens (including phenoxy) is 1. The van der Waals surface area contributed by atoms with Crippen LogP contribution in [0.5, 0.6) is 11.6 Å². The quantitative estimate of drug-likeness (QED) is 0.620. The Labute approximate surface area is 141 Å². The molecule has 0 saturated heterocycles. The number of halogens is 1. The minimum atomic E-state index is -0.162. The standard InChI is InChI=1S/C17H11ClN4O2/c18-12-2-1-3-13(8-12)24-17-7-5-15-19-10-14(22(15)21-17)11-4-6-16(23)20-9-11/h1-10H,(H,20,23). The van der Waals surface area contributed by atoms with Crippen LogP contribution in [0, 0.1) is 0 Å². The van der Waals surface area contributed by atoms with E-state index >= 15 is 0 Å². The first-order valence-electron chi connectivity index (χ1n) is 7.16. The summed E-state index contributed by atoms with van der Waals surface area (Å²) in [6.07, 6.45) is 3.32. The molecule has 0 atom stereocenters. The fraction of sp³-hybridized carbons (Fsp3) is 0. The number of aromatic amines is 1. The number of nitrogens with zero attached hydrogens (tertiary/aromatic N) is 3. The molecular weight excluding hydrogens is 328 g/mol. The summed E-state index contributed by atoms with van der Waals surface area (Å²) in [6.45, 7) is 0. The van der Waals surface area contributed by atoms with Crippen molar-refractivity contribution in [1.29, 1.82) is 0 Å². The molecule has 3 aromatic heterocycles. The molecule has 6 nitrogen and oxygen atoms in total. The zero-order valence-corrected chi connectivity index (χ0v) is 13.1. The number of aromatic nitrogens is 4. The molecule has 0 amide bonds. The van der Waals surface area contributed by atoms with Crippen LogP contribution in [0.4, 0.5) is 0 Å². The van der Waals surface area contributed by atoms with Gasteiger partial charge in [-0.2, -0.15) is 0 Å². The van der Waals surface area contributed by atoms with Crippen LogP contribution in [0.1, 0.15) is 0 Å². The zero-order valence-electron chi connectivity index (χ0n) is 12.3. The van der Waals surface area contributed by atoms with E-state index in [1.54, 1.807) is 53.3 Å². The maximum Gasteiger partial charge on any atom is 0.247 e. The second-order valence-electron chi connectivity index (χ2n) is 5.09. The number of H-pyrrole nitrogens is 1. The number of hydrogen-bond donors (Lipinski definition) is 1. The Balaban J connectivity index is 1.75. The van der Waals surface area contributed by atoms with Gasteiger partial charge in [0.2, 0.25) is 11.4 Å². The molecule has 7 heteroatoms. The molecule has 3 heterocycles. The van der Waals surface area contributed by atoms with E-state index in [9.17, 15) is 4.79 Å². The van der Waals surface area contributed by atoms with Crippen molar-refractivity contribution < 1.29 is 4.74 Å². The molecule has 24 heavy (non-hydrogen) atoms. The Hall–Kier alpha value is -3.12. The summed E-state index contributed by atoms with van der Waals surface area (Å²) < 4.78 is 7.40. The highest BCUT2D eigenvalue weighted by molar-refractivity contribution is 6.30. The van der Waals surface area contributed by atoms with Crippen molar-refractivity contribution in [3.05, 3.63) is 76.3 Å². The molecule has 0 bridgehead atoms. The van der Waals surface area contributed by atoms with Gasteiger partial charge in [0.1, 0.15) is 5.75 Å². The van der Waals surface area contributed by atoms with Gasteiger partial charge in [-0.15, -0.1) is 5.10 Å². The lowest BCUT2D eigenvalue weighted by molar-refractivity contribution is 0.453. The number of fused-ring (bicyclic) bond motifs is 1. The summed E-state index contributed by atoms with van der Waals surface area (Å²) in [4.78, 5) is 18.2. The monoisotopic (exact) mass is 338 g/mol. The van der Waals surface area contributed by atoms with Crippen LogP contribution < -0.4 is 10.3 Å². The van der Waals surface area contributed by atoms with Crippen LogP contribution in [-0.2, 0) is 0 Å². The summed E-state index contributed by atoms with van der Waals surface area (Å²) in [5.41, 5.74) is 2.06. The van der Waals surface area contributed by atoms with Gasteiger partial charge in [-0.3, -0.25) is 4.79 Å². The summed E-state index contributed by atoms with van der Waals surface area (Å²) in [5.74, 6) is 1.01. The molecular formula is C17H11ClN4O2. The van der Waals surface area contributed by atoms with Crippen molar-refractivity contribution >= 4 is 17.2 Å². The lowest BCUT2D eigenvalue weighted by atomic mass is 10.2. The summed E-state index contributed by atoms with van der Waals surface area (Å²) in [7, 11) is 0. The van der Waals surface area contributed by atoms with Gasteiger partial charge in [0.25, 0.3) is 0 Å². The number of nitrogens with one attached hydrogen (secondary N) is 1. The first-order valence-corrected chi connectivity index (χ1v) is 7.54. The number of imidazole rings is 1. The van der Waals surface area contributed by atoms with Crippen molar-refractivity contribution in [3.63, 3.8) is 0 Å². The van der Waals surface area contributed by atoms with E-state index in [4.69, 9.17) is 16.3 Å². The molecule has 0 fully saturated rings. The van der Waals surface area contributed by atoms with Crippen molar-refractivity contribution in [1.82, 2.24) is 19.6 Å². The lowest BCUT2D eigenvalue weighted by Crippen LogP contribution is -2.03. The molecule has 0 aliphatic carbocycles. The van der Waals surface area contributed by atoms with Gasteiger partial charge in [-0.05, 0) is 30.3 Å². The zero-order chi connectivity index (χ0) is 16.5. The van der Waals surface area contributed by atoms with Gasteiger partial charge >= 0.3 is 0 Å². The fourth-order valence-electron chi connectivity index (χ4n) is 2.33. The molecule has 0 aliphatic rings. The SMILES string of the molecule is O=c1ccc(-c2cnc3ccc(Oc4cccc(Cl)c4)nn23)c[nH]1. The second kappa shape index (κ2) is 5.82. The highest BCUT2D eigenvalue weighted by atomic mass is 35.5. The number of hydrogen-bond acceptors (Lipinski definition) is 4. The second-order valence-corrected chi connectivity index (χ2v) is 5.52. The maximum atomic E-state index is 11.2. The van der Waals surface area contributed by atoms with Crippen LogP contribution in [0.3, 0.4) is 0 Å². The van der Waals surface area contributed by atoms with Crippen LogP contribution in [0.15, 0.2) is 65.7 Å². The predicted octanol–water partition coefficient (Wildman–Crippen LogP) is 3.53. The van der Waals surface area contributed by atoms with Crippen molar-refractivity contribution in [2.24, 2.45) is 0 Å². The minimum absolute atomic E-state index is 0.162. The summed E-state index contributed by atoms with van der Waals surface area (Å²) in [5, 5.41) is 5.04. The van der Waals surface area contributed by atoms with E-state index in [1.165, 1.54) is 6.07 Å². The lowest BCUT2D eigenvalue weighted by Gasteiger charge is -2.06. The van der Waals surface area contributed by atoms with E-state index in [0.717, 1.165) is 11.3 Å². The van der Waals surface area contributed by atoms with Crippen molar-refractivity contribution in [2.75, 3.05) is 0 Å². The molecule has 0 saturated carbocycles. The van der Waals surface area contributed by atoms with E-state index in [0.29, 0.717) is 22.3 Å². The first kappa shape index (κ1) is 14.5. The topological polar surface area (TPSA) is 72.3 Å². The number of pyridine rings is 1. The van der Waals surface area contributed by atoms with Gasteiger partial charge in [-0.1, -0.05) is 17.7 Å². The van der Waals surface area contributed by atoms with Gasteiger partial charge < -0.3 is 9.72 Å². The molecule has 118 valence electrons. The van der Waals surface area contributed by atoms with Crippen LogP contribution >= 0.6 is 11.6 Å². The maximum absolute atomic E-state index is 11.2. The Kier molecular flexibility index (Phi) is 3.51. The van der Waals surface area contributed by atoms with E-state index in [2.05, 4.69) is 15.1 Å². The highest BCUT2D eigenvalue weighted by Crippen LogP contribution is 2.24. The van der Waals surface area contributed by atoms with Gasteiger partial charge in [-0.25, -0.2) is 9.50 Å². The van der Waals surface area contributed by atoms with Crippen LogP contribution in [0.25, 0.3) is 16.9 Å². The average molecular weight is 339 g/mol. The van der Waals surface area contributed by atoms with Crippen LogP contribution in [0.2, 0.25) is 5.02 Å². The average Bonchev–Trinajstić information content (AvgIpc) is 2.99. The number of benzene rings is 1. The molecule has 1 N–H and O–H groups in total. The van der Waals surface area contributed by atoms with Crippen LogP contribution in [-0.4, -0.2) is 19.6 Å². The smallest absolute Gasteiger partial charge is 0.247 e. The van der Waals surface area contributed by atoms with Gasteiger partial charge in [0.15, 0.2) is 5.65 Å². The minimum Gasteiger partial charge on any atom is -0.438 e. The third-order valence-corrected chi connectivity index (χ3v) is 3.67. The summed E-state index contributed by atoms with van der Waals surface area (Å²) >= 11 is 5.96. The Bertz CT molecular complexity index is 1070. The first-order chi connectivity index (χ1) is 11.7. The molecule has 4 rings (SSSR count).